The van der Waals surface area contributed by atoms with Gasteiger partial charge in [-0.05, 0) is 30.6 Å². The predicted octanol–water partition coefficient (Wildman–Crippen LogP) is 3.06. The lowest BCUT2D eigenvalue weighted by atomic mass is 10.2. The summed E-state index contributed by atoms with van der Waals surface area (Å²) in [5, 5.41) is 13.1. The van der Waals surface area contributed by atoms with E-state index >= 15 is 0 Å². The van der Waals surface area contributed by atoms with Crippen molar-refractivity contribution in [1.29, 1.82) is 0 Å². The molecule has 9 heteroatoms. The molecule has 0 heterocycles. The Kier molecular flexibility index (Phi) is 6.90. The van der Waals surface area contributed by atoms with Crippen LogP contribution < -0.4 is 10.6 Å². The maximum Gasteiger partial charge on any atom is 0.326 e. The van der Waals surface area contributed by atoms with Crippen LogP contribution in [0.5, 0.6) is 0 Å². The van der Waals surface area contributed by atoms with Crippen LogP contribution in [0.15, 0.2) is 16.6 Å². The molecule has 1 rings (SSSR count). The number of carbonyl (C=O) groups is 2. The van der Waals surface area contributed by atoms with E-state index in [2.05, 4.69) is 21.2 Å². The van der Waals surface area contributed by atoms with E-state index in [1.54, 1.807) is 6.26 Å². The van der Waals surface area contributed by atoms with Crippen molar-refractivity contribution in [1.82, 2.24) is 5.32 Å². The second-order valence-electron chi connectivity index (χ2n) is 4.02. The lowest BCUT2D eigenvalue weighted by molar-refractivity contribution is -0.139. The molecular formula is C12H13BrF2N2O3S. The molecule has 0 aromatic heterocycles. The summed E-state index contributed by atoms with van der Waals surface area (Å²) in [5.41, 5.74) is -0.635. The van der Waals surface area contributed by atoms with Crippen LogP contribution in [0, 0.1) is 11.6 Å². The van der Waals surface area contributed by atoms with Gasteiger partial charge in [-0.15, -0.1) is 0 Å². The summed E-state index contributed by atoms with van der Waals surface area (Å²) in [6.45, 7) is 0. The van der Waals surface area contributed by atoms with Gasteiger partial charge >= 0.3 is 12.0 Å². The molecule has 0 bridgehead atoms. The predicted molar refractivity (Wildman–Crippen MR) is 80.6 cm³/mol. The fourth-order valence-electron chi connectivity index (χ4n) is 1.46. The summed E-state index contributed by atoms with van der Waals surface area (Å²) >= 11 is 4.34. The number of halogens is 3. The summed E-state index contributed by atoms with van der Waals surface area (Å²) in [6.07, 6.45) is 2.00. The number of carboxylic acids is 1. The standard InChI is InChI=1S/C12H13BrF2N2O3S/c1-21-3-2-9(11(18)19)16-12(20)17-10-7(14)4-6(13)5-8(10)15/h4-5,9H,2-3H2,1H3,(H,18,19)(H2,16,17,20). The molecule has 0 saturated carbocycles. The number of carboxylic acid groups (broad SMARTS) is 1. The van der Waals surface area contributed by atoms with E-state index in [9.17, 15) is 18.4 Å². The zero-order valence-electron chi connectivity index (χ0n) is 11.0. The molecule has 2 amide bonds. The Morgan fingerprint density at radius 2 is 1.95 bits per heavy atom. The lowest BCUT2D eigenvalue weighted by Gasteiger charge is -2.15. The molecule has 116 valence electrons. The number of thioether (sulfide) groups is 1. The van der Waals surface area contributed by atoms with E-state index in [4.69, 9.17) is 5.11 Å². The summed E-state index contributed by atoms with van der Waals surface area (Å²) in [4.78, 5) is 22.6. The van der Waals surface area contributed by atoms with Gasteiger partial charge in [-0.3, -0.25) is 0 Å². The molecule has 0 aliphatic rings. The van der Waals surface area contributed by atoms with E-state index in [1.165, 1.54) is 11.8 Å². The molecule has 1 unspecified atom stereocenters. The maximum absolute atomic E-state index is 13.5. The maximum atomic E-state index is 13.5. The summed E-state index contributed by atoms with van der Waals surface area (Å²) in [7, 11) is 0. The SMILES string of the molecule is CSCCC(NC(=O)Nc1c(F)cc(Br)cc1F)C(=O)O. The van der Waals surface area contributed by atoms with Crippen LogP contribution in [0.25, 0.3) is 0 Å². The molecule has 5 nitrogen and oxygen atoms in total. The van der Waals surface area contributed by atoms with Gasteiger partial charge in [0.15, 0.2) is 11.6 Å². The van der Waals surface area contributed by atoms with Gasteiger partial charge in [0.25, 0.3) is 0 Å². The molecule has 0 aliphatic heterocycles. The topological polar surface area (TPSA) is 78.4 Å². The summed E-state index contributed by atoms with van der Waals surface area (Å²) < 4.78 is 27.3. The van der Waals surface area contributed by atoms with Crippen LogP contribution in [-0.2, 0) is 4.79 Å². The third-order valence-electron chi connectivity index (χ3n) is 2.46. The summed E-state index contributed by atoms with van der Waals surface area (Å²) in [5.74, 6) is -2.62. The number of aliphatic carboxylic acids is 1. The van der Waals surface area contributed by atoms with Gasteiger partial charge in [0.1, 0.15) is 11.7 Å². The van der Waals surface area contributed by atoms with Crippen molar-refractivity contribution in [2.75, 3.05) is 17.3 Å². The number of urea groups is 1. The van der Waals surface area contributed by atoms with Crippen molar-refractivity contribution in [2.24, 2.45) is 0 Å². The number of benzene rings is 1. The van der Waals surface area contributed by atoms with Crippen LogP contribution in [-0.4, -0.2) is 35.2 Å². The molecular weight excluding hydrogens is 370 g/mol. The molecule has 0 radical (unpaired) electrons. The molecule has 1 atom stereocenters. The van der Waals surface area contributed by atoms with E-state index in [0.29, 0.717) is 5.75 Å². The Hall–Kier alpha value is -1.35. The third kappa shape index (κ3) is 5.50. The number of hydrogen-bond donors (Lipinski definition) is 3. The van der Waals surface area contributed by atoms with E-state index in [-0.39, 0.29) is 10.9 Å². The number of carbonyl (C=O) groups excluding carboxylic acids is 1. The van der Waals surface area contributed by atoms with E-state index in [1.807, 2.05) is 5.32 Å². The average Bonchev–Trinajstić information content (AvgIpc) is 2.38. The van der Waals surface area contributed by atoms with E-state index in [0.717, 1.165) is 12.1 Å². The van der Waals surface area contributed by atoms with Gasteiger partial charge in [0, 0.05) is 4.47 Å². The highest BCUT2D eigenvalue weighted by atomic mass is 79.9. The van der Waals surface area contributed by atoms with Crippen molar-refractivity contribution in [3.05, 3.63) is 28.2 Å². The first kappa shape index (κ1) is 17.7. The van der Waals surface area contributed by atoms with E-state index < -0.39 is 35.4 Å². The normalized spacial score (nSPS) is 11.8. The lowest BCUT2D eigenvalue weighted by Crippen LogP contribution is -2.43. The van der Waals surface area contributed by atoms with Gasteiger partial charge in [-0.1, -0.05) is 15.9 Å². The zero-order valence-corrected chi connectivity index (χ0v) is 13.4. The molecule has 0 aliphatic carbocycles. The van der Waals surface area contributed by atoms with Crippen molar-refractivity contribution in [2.45, 2.75) is 12.5 Å². The molecule has 3 N–H and O–H groups in total. The number of anilines is 1. The molecule has 21 heavy (non-hydrogen) atoms. The zero-order chi connectivity index (χ0) is 16.0. The first-order valence-electron chi connectivity index (χ1n) is 5.79. The number of amides is 2. The molecule has 0 fully saturated rings. The average molecular weight is 383 g/mol. The van der Waals surface area contributed by atoms with Crippen molar-refractivity contribution >= 4 is 45.4 Å². The first-order valence-corrected chi connectivity index (χ1v) is 7.97. The second-order valence-corrected chi connectivity index (χ2v) is 5.92. The number of nitrogens with one attached hydrogen (secondary N) is 2. The van der Waals surface area contributed by atoms with Crippen LogP contribution in [0.4, 0.5) is 19.3 Å². The fraction of sp³-hybridized carbons (Fsp3) is 0.333. The summed E-state index contributed by atoms with van der Waals surface area (Å²) in [6, 6.07) is -0.134. The highest BCUT2D eigenvalue weighted by Crippen LogP contribution is 2.23. The minimum Gasteiger partial charge on any atom is -0.480 e. The Morgan fingerprint density at radius 1 is 1.38 bits per heavy atom. The molecule has 0 spiro atoms. The van der Waals surface area contributed by atoms with Crippen molar-refractivity contribution in [3.8, 4) is 0 Å². The Morgan fingerprint density at radius 3 is 2.43 bits per heavy atom. The van der Waals surface area contributed by atoms with Crippen molar-refractivity contribution in [3.63, 3.8) is 0 Å². The van der Waals surface area contributed by atoms with Crippen LogP contribution >= 0.6 is 27.7 Å². The van der Waals surface area contributed by atoms with Crippen LogP contribution in [0.1, 0.15) is 6.42 Å². The van der Waals surface area contributed by atoms with Gasteiger partial charge in [-0.25, -0.2) is 18.4 Å². The second kappa shape index (κ2) is 8.18. The third-order valence-corrected chi connectivity index (χ3v) is 3.56. The van der Waals surface area contributed by atoms with Crippen LogP contribution in [0.3, 0.4) is 0 Å². The van der Waals surface area contributed by atoms with Crippen molar-refractivity contribution < 1.29 is 23.5 Å². The van der Waals surface area contributed by atoms with Gasteiger partial charge in [-0.2, -0.15) is 11.8 Å². The smallest absolute Gasteiger partial charge is 0.326 e. The van der Waals surface area contributed by atoms with Gasteiger partial charge in [0.2, 0.25) is 0 Å². The van der Waals surface area contributed by atoms with Gasteiger partial charge < -0.3 is 15.7 Å². The minimum atomic E-state index is -1.21. The monoisotopic (exact) mass is 382 g/mol. The number of hydrogen-bond acceptors (Lipinski definition) is 3. The molecule has 0 saturated heterocycles. The largest absolute Gasteiger partial charge is 0.480 e. The number of rotatable bonds is 6. The minimum absolute atomic E-state index is 0.187. The fourth-order valence-corrected chi connectivity index (χ4v) is 2.34. The Labute approximate surface area is 132 Å². The Bertz CT molecular complexity index is 522. The van der Waals surface area contributed by atoms with Crippen LogP contribution in [0.2, 0.25) is 0 Å². The quantitative estimate of drug-likeness (QED) is 0.706. The molecule has 1 aromatic carbocycles. The first-order chi connectivity index (χ1) is 9.85. The Balaban J connectivity index is 2.74. The molecule has 1 aromatic rings. The highest BCUT2D eigenvalue weighted by Gasteiger charge is 2.21. The van der Waals surface area contributed by atoms with Gasteiger partial charge in [0.05, 0.1) is 0 Å². The highest BCUT2D eigenvalue weighted by molar-refractivity contribution is 9.10.